The summed E-state index contributed by atoms with van der Waals surface area (Å²) in [6.45, 7) is -0.273. The summed E-state index contributed by atoms with van der Waals surface area (Å²) in [6.07, 6.45) is -5.16. The average Bonchev–Trinajstić information content (AvgIpc) is 2.68. The van der Waals surface area contributed by atoms with E-state index in [0.717, 1.165) is 9.79 Å². The number of para-hydroxylation sites is 1. The molecule has 0 aromatic heterocycles. The van der Waals surface area contributed by atoms with Gasteiger partial charge in [0, 0.05) is 13.1 Å². The van der Waals surface area contributed by atoms with Gasteiger partial charge in [-0.15, -0.1) is 0 Å². The van der Waals surface area contributed by atoms with Gasteiger partial charge in [-0.3, -0.25) is 15.4 Å². The number of rotatable bonds is 5. The molecule has 0 spiro atoms. The van der Waals surface area contributed by atoms with Crippen molar-refractivity contribution in [2.24, 2.45) is 5.73 Å². The standard InChI is InChI=1S/C16H19F3N4O5S/c17-16(18,19)13(20)12(15(24)22-25)14(21)29(26,27)23-8-6-11(7-9-23)28-10-4-2-1-3-5-10/h1-5,11,21,25H,6-9,20H2,(H,22,24)/b13-12+,21-14?. The Balaban J connectivity index is 2.17. The molecule has 0 unspecified atom stereocenters. The molecule has 1 aromatic rings. The molecule has 29 heavy (non-hydrogen) atoms. The molecule has 0 aliphatic carbocycles. The number of carbonyl (C=O) groups is 1. The molecule has 0 radical (unpaired) electrons. The lowest BCUT2D eigenvalue weighted by Crippen LogP contribution is -2.46. The molecule has 1 fully saturated rings. The van der Waals surface area contributed by atoms with Crippen molar-refractivity contribution in [2.45, 2.75) is 25.1 Å². The quantitative estimate of drug-likeness (QED) is 0.179. The Hall–Kier alpha value is -2.64. The van der Waals surface area contributed by atoms with E-state index in [4.69, 9.17) is 21.1 Å². The van der Waals surface area contributed by atoms with Crippen molar-refractivity contribution in [2.75, 3.05) is 13.1 Å². The number of nitrogens with zero attached hydrogens (tertiary/aromatic N) is 1. The molecule has 1 saturated heterocycles. The zero-order valence-corrected chi connectivity index (χ0v) is 15.8. The lowest BCUT2D eigenvalue weighted by molar-refractivity contribution is -0.126. The minimum absolute atomic E-state index is 0.137. The zero-order chi connectivity index (χ0) is 21.8. The maximum absolute atomic E-state index is 12.9. The number of hydroxylamine groups is 1. The summed E-state index contributed by atoms with van der Waals surface area (Å²) < 4.78 is 70.3. The van der Waals surface area contributed by atoms with Gasteiger partial charge in [0.1, 0.15) is 23.1 Å². The molecule has 13 heteroatoms. The Kier molecular flexibility index (Phi) is 6.87. The molecule has 160 valence electrons. The fraction of sp³-hybridized carbons (Fsp3) is 0.375. The van der Waals surface area contributed by atoms with Crippen molar-refractivity contribution in [3.05, 3.63) is 41.6 Å². The van der Waals surface area contributed by atoms with E-state index in [9.17, 15) is 26.4 Å². The lowest BCUT2D eigenvalue weighted by Gasteiger charge is -2.31. The van der Waals surface area contributed by atoms with Crippen LogP contribution in [-0.2, 0) is 14.8 Å². The summed E-state index contributed by atoms with van der Waals surface area (Å²) in [6, 6.07) is 8.78. The highest BCUT2D eigenvalue weighted by Crippen LogP contribution is 2.27. The van der Waals surface area contributed by atoms with Crippen LogP contribution < -0.4 is 16.0 Å². The molecule has 1 aliphatic heterocycles. The van der Waals surface area contributed by atoms with Crippen LogP contribution in [0.2, 0.25) is 0 Å². The first kappa shape index (κ1) is 22.6. The van der Waals surface area contributed by atoms with Gasteiger partial charge in [-0.25, -0.2) is 13.9 Å². The maximum Gasteiger partial charge on any atom is 0.431 e. The molecule has 2 rings (SSSR count). The number of allylic oxidation sites excluding steroid dienone is 1. The molecule has 0 bridgehead atoms. The SMILES string of the molecule is N=C(/C(C(=O)NO)=C(\N)C(F)(F)F)S(=O)(=O)N1CCC(Oc2ccccc2)CC1. The second-order valence-corrected chi connectivity index (χ2v) is 7.97. The highest BCUT2D eigenvalue weighted by atomic mass is 32.2. The highest BCUT2D eigenvalue weighted by molar-refractivity contribution is 8.04. The van der Waals surface area contributed by atoms with Crippen LogP contribution in [0.15, 0.2) is 41.6 Å². The Bertz CT molecular complexity index is 895. The topological polar surface area (TPSA) is 146 Å². The lowest BCUT2D eigenvalue weighted by atomic mass is 10.1. The van der Waals surface area contributed by atoms with E-state index in [-0.39, 0.29) is 32.0 Å². The number of hydrogen-bond donors (Lipinski definition) is 4. The first-order chi connectivity index (χ1) is 13.5. The van der Waals surface area contributed by atoms with Crippen molar-refractivity contribution >= 4 is 21.0 Å². The van der Waals surface area contributed by atoms with Crippen LogP contribution >= 0.6 is 0 Å². The van der Waals surface area contributed by atoms with Crippen molar-refractivity contribution < 1.29 is 36.3 Å². The third-order valence-electron chi connectivity index (χ3n) is 4.18. The minimum Gasteiger partial charge on any atom is -0.490 e. The monoisotopic (exact) mass is 436 g/mol. The number of carbonyl (C=O) groups excluding carboxylic acids is 1. The number of benzene rings is 1. The van der Waals surface area contributed by atoms with Crippen molar-refractivity contribution in [3.8, 4) is 5.75 Å². The predicted octanol–water partition coefficient (Wildman–Crippen LogP) is 1.12. The summed E-state index contributed by atoms with van der Waals surface area (Å²) >= 11 is 0. The first-order valence-electron chi connectivity index (χ1n) is 8.30. The van der Waals surface area contributed by atoms with E-state index in [1.807, 2.05) is 0 Å². The van der Waals surface area contributed by atoms with Gasteiger partial charge in [0.25, 0.3) is 15.9 Å². The Morgan fingerprint density at radius 3 is 2.28 bits per heavy atom. The Labute approximate surface area is 164 Å². The number of alkyl halides is 3. The van der Waals surface area contributed by atoms with Crippen molar-refractivity contribution in [1.82, 2.24) is 9.79 Å². The van der Waals surface area contributed by atoms with Gasteiger partial charge in [0.05, 0.1) is 0 Å². The third kappa shape index (κ3) is 5.25. The summed E-state index contributed by atoms with van der Waals surface area (Å²) in [5.41, 5.74) is 1.96. The molecule has 1 amide bonds. The van der Waals surface area contributed by atoms with E-state index in [1.165, 1.54) is 0 Å². The number of piperidine rings is 1. The number of hydrogen-bond acceptors (Lipinski definition) is 7. The normalized spacial score (nSPS) is 17.4. The van der Waals surface area contributed by atoms with E-state index < -0.39 is 38.4 Å². The van der Waals surface area contributed by atoms with Gasteiger partial charge < -0.3 is 10.5 Å². The molecule has 5 N–H and O–H groups in total. The first-order valence-corrected chi connectivity index (χ1v) is 9.74. The van der Waals surface area contributed by atoms with Crippen molar-refractivity contribution in [1.29, 1.82) is 5.41 Å². The molecule has 1 heterocycles. The fourth-order valence-corrected chi connectivity index (χ4v) is 4.10. The molecule has 1 aromatic carbocycles. The van der Waals surface area contributed by atoms with Crippen LogP contribution in [0, 0.1) is 5.41 Å². The molecule has 0 atom stereocenters. The van der Waals surface area contributed by atoms with Crippen molar-refractivity contribution in [3.63, 3.8) is 0 Å². The smallest absolute Gasteiger partial charge is 0.431 e. The minimum atomic E-state index is -5.28. The predicted molar refractivity (Wildman–Crippen MR) is 95.5 cm³/mol. The van der Waals surface area contributed by atoms with Gasteiger partial charge >= 0.3 is 6.18 Å². The van der Waals surface area contributed by atoms with Gasteiger partial charge in [0.15, 0.2) is 5.04 Å². The zero-order valence-electron chi connectivity index (χ0n) is 14.9. The summed E-state index contributed by atoms with van der Waals surface area (Å²) in [7, 11) is -4.77. The average molecular weight is 436 g/mol. The van der Waals surface area contributed by atoms with Crippen LogP contribution in [0.5, 0.6) is 5.75 Å². The molecule has 0 saturated carbocycles. The second-order valence-electron chi connectivity index (χ2n) is 6.09. The van der Waals surface area contributed by atoms with Gasteiger partial charge in [-0.1, -0.05) is 18.2 Å². The number of nitrogens with two attached hydrogens (primary N) is 1. The van der Waals surface area contributed by atoms with Gasteiger partial charge in [0.2, 0.25) is 0 Å². The van der Waals surface area contributed by atoms with Crippen LogP contribution in [0.1, 0.15) is 12.8 Å². The number of amides is 1. The Morgan fingerprint density at radius 1 is 1.24 bits per heavy atom. The van der Waals surface area contributed by atoms with E-state index in [0.29, 0.717) is 5.75 Å². The highest BCUT2D eigenvalue weighted by Gasteiger charge is 2.42. The fourth-order valence-electron chi connectivity index (χ4n) is 2.69. The van der Waals surface area contributed by atoms with Crippen LogP contribution in [-0.4, -0.2) is 54.3 Å². The number of ether oxygens (including phenoxy) is 1. The molecular formula is C16H19F3N4O5S. The van der Waals surface area contributed by atoms with Gasteiger partial charge in [-0.05, 0) is 25.0 Å². The van der Waals surface area contributed by atoms with E-state index >= 15 is 0 Å². The van der Waals surface area contributed by atoms with Crippen LogP contribution in [0.25, 0.3) is 0 Å². The van der Waals surface area contributed by atoms with Crippen LogP contribution in [0.4, 0.5) is 13.2 Å². The van der Waals surface area contributed by atoms with E-state index in [1.54, 1.807) is 30.3 Å². The summed E-state index contributed by atoms with van der Waals surface area (Å²) in [5, 5.41) is 14.7. The molecule has 1 aliphatic rings. The largest absolute Gasteiger partial charge is 0.490 e. The summed E-state index contributed by atoms with van der Waals surface area (Å²) in [4.78, 5) is 11.6. The number of halogens is 3. The summed E-state index contributed by atoms with van der Waals surface area (Å²) in [5.74, 6) is -1.26. The number of sulfonamides is 1. The number of nitrogens with one attached hydrogen (secondary N) is 2. The second kappa shape index (κ2) is 8.80. The van der Waals surface area contributed by atoms with Crippen LogP contribution in [0.3, 0.4) is 0 Å². The molecule has 9 nitrogen and oxygen atoms in total. The molecular weight excluding hydrogens is 417 g/mol. The van der Waals surface area contributed by atoms with E-state index in [2.05, 4.69) is 0 Å². The van der Waals surface area contributed by atoms with Gasteiger partial charge in [-0.2, -0.15) is 17.5 Å². The maximum atomic E-state index is 12.9. The Morgan fingerprint density at radius 2 is 1.79 bits per heavy atom. The third-order valence-corrected chi connectivity index (χ3v) is 5.94.